The molecular formula is C27H24F3N7O2. The molecule has 5 rings (SSSR count). The lowest BCUT2D eigenvalue weighted by molar-refractivity contribution is -0.137. The SMILES string of the molecule is C=CC(=O)N1CC=C(c2cnn(C(C)(C(N)=O)c3ncc(C(F)(F)F)c(-c4c[nH]c5ccccc45)n3)c2)CC1. The predicted octanol–water partition coefficient (Wildman–Crippen LogP) is 3.89. The van der Waals surface area contributed by atoms with Crippen LogP contribution in [0.5, 0.6) is 0 Å². The zero-order valence-corrected chi connectivity index (χ0v) is 20.9. The number of para-hydroxylation sites is 1. The first-order valence-electron chi connectivity index (χ1n) is 12.0. The van der Waals surface area contributed by atoms with Crippen LogP contribution in [0.15, 0.2) is 67.8 Å². The Bertz CT molecular complexity index is 1640. The number of aromatic nitrogens is 5. The van der Waals surface area contributed by atoms with Crippen LogP contribution < -0.4 is 5.73 Å². The van der Waals surface area contributed by atoms with Crippen LogP contribution >= 0.6 is 0 Å². The lowest BCUT2D eigenvalue weighted by Crippen LogP contribution is -2.46. The third-order valence-corrected chi connectivity index (χ3v) is 6.96. The minimum atomic E-state index is -4.75. The highest BCUT2D eigenvalue weighted by Gasteiger charge is 2.43. The van der Waals surface area contributed by atoms with E-state index in [-0.39, 0.29) is 23.0 Å². The van der Waals surface area contributed by atoms with E-state index in [0.717, 1.165) is 5.57 Å². The van der Waals surface area contributed by atoms with Gasteiger partial charge in [0.2, 0.25) is 5.91 Å². The fourth-order valence-corrected chi connectivity index (χ4v) is 4.62. The van der Waals surface area contributed by atoms with Crippen LogP contribution in [0.1, 0.15) is 30.3 Å². The maximum Gasteiger partial charge on any atom is 0.419 e. The Morgan fingerprint density at radius 1 is 1.21 bits per heavy atom. The van der Waals surface area contributed by atoms with Crippen molar-refractivity contribution in [1.82, 2.24) is 29.6 Å². The summed E-state index contributed by atoms with van der Waals surface area (Å²) < 4.78 is 43.3. The molecule has 0 aliphatic carbocycles. The normalized spacial score (nSPS) is 15.6. The van der Waals surface area contributed by atoms with E-state index in [1.54, 1.807) is 35.4 Å². The van der Waals surface area contributed by atoms with Crippen molar-refractivity contribution in [3.05, 3.63) is 84.7 Å². The van der Waals surface area contributed by atoms with Crippen molar-refractivity contribution in [1.29, 1.82) is 0 Å². The van der Waals surface area contributed by atoms with Crippen LogP contribution in [-0.2, 0) is 21.3 Å². The summed E-state index contributed by atoms with van der Waals surface area (Å²) in [5.41, 5.74) is 4.98. The number of amides is 2. The van der Waals surface area contributed by atoms with E-state index in [9.17, 15) is 22.8 Å². The highest BCUT2D eigenvalue weighted by atomic mass is 19.4. The first kappa shape index (κ1) is 25.9. The van der Waals surface area contributed by atoms with Gasteiger partial charge in [0.05, 0.1) is 11.9 Å². The van der Waals surface area contributed by atoms with Crippen molar-refractivity contribution in [2.45, 2.75) is 25.1 Å². The molecule has 3 aromatic heterocycles. The second-order valence-corrected chi connectivity index (χ2v) is 9.28. The molecule has 200 valence electrons. The third-order valence-electron chi connectivity index (χ3n) is 6.96. The van der Waals surface area contributed by atoms with Crippen LogP contribution in [-0.4, -0.2) is 54.5 Å². The highest BCUT2D eigenvalue weighted by Crippen LogP contribution is 2.39. The molecule has 2 amide bonds. The van der Waals surface area contributed by atoms with Crippen LogP contribution in [0.4, 0.5) is 13.2 Å². The fraction of sp³-hybridized carbons (Fsp3) is 0.222. The van der Waals surface area contributed by atoms with Crippen LogP contribution in [0.25, 0.3) is 27.7 Å². The van der Waals surface area contributed by atoms with Gasteiger partial charge in [-0.15, -0.1) is 0 Å². The molecule has 1 unspecified atom stereocenters. The molecule has 0 bridgehead atoms. The number of nitrogens with one attached hydrogen (secondary N) is 1. The summed E-state index contributed by atoms with van der Waals surface area (Å²) in [5.74, 6) is -1.31. The number of fused-ring (bicyclic) bond motifs is 1. The molecule has 0 saturated carbocycles. The largest absolute Gasteiger partial charge is 0.419 e. The number of halogens is 3. The van der Waals surface area contributed by atoms with E-state index >= 15 is 0 Å². The lowest BCUT2D eigenvalue weighted by Gasteiger charge is -2.26. The van der Waals surface area contributed by atoms with Crippen LogP contribution in [0.2, 0.25) is 0 Å². The number of nitrogens with two attached hydrogens (primary N) is 1. The van der Waals surface area contributed by atoms with Gasteiger partial charge in [0, 0.05) is 53.7 Å². The maximum absolute atomic E-state index is 14.0. The van der Waals surface area contributed by atoms with E-state index in [4.69, 9.17) is 5.73 Å². The molecule has 4 heterocycles. The second-order valence-electron chi connectivity index (χ2n) is 9.28. The molecule has 0 fully saturated rings. The summed E-state index contributed by atoms with van der Waals surface area (Å²) in [5, 5.41) is 4.85. The van der Waals surface area contributed by atoms with Gasteiger partial charge in [0.25, 0.3) is 5.91 Å². The van der Waals surface area contributed by atoms with Crippen molar-refractivity contribution in [3.8, 4) is 11.3 Å². The molecule has 0 spiro atoms. The average molecular weight is 536 g/mol. The standard InChI is InChI=1S/C27H24F3N7O2/c1-3-22(38)36-10-8-16(9-11-36)17-12-34-37(15-17)26(2,24(31)39)25-33-14-20(27(28,29)30)23(35-25)19-13-32-21-7-5-4-6-18(19)21/h3-8,12-15,32H,1,9-11H2,2H3,(H2,31,39). The number of benzene rings is 1. The summed E-state index contributed by atoms with van der Waals surface area (Å²) >= 11 is 0. The number of carbonyl (C=O) groups excluding carboxylic acids is 2. The Morgan fingerprint density at radius 3 is 2.64 bits per heavy atom. The predicted molar refractivity (Wildman–Crippen MR) is 138 cm³/mol. The van der Waals surface area contributed by atoms with Crippen molar-refractivity contribution >= 4 is 28.3 Å². The summed E-state index contributed by atoms with van der Waals surface area (Å²) in [6.07, 6.45) is 4.14. The summed E-state index contributed by atoms with van der Waals surface area (Å²) in [6, 6.07) is 6.88. The molecule has 1 aliphatic heterocycles. The molecule has 0 radical (unpaired) electrons. The minimum Gasteiger partial charge on any atom is -0.367 e. The van der Waals surface area contributed by atoms with Crippen LogP contribution in [0, 0.1) is 0 Å². The molecule has 3 N–H and O–H groups in total. The number of alkyl halides is 3. The maximum atomic E-state index is 14.0. The van der Waals surface area contributed by atoms with Crippen molar-refractivity contribution in [2.75, 3.05) is 13.1 Å². The average Bonchev–Trinajstić information content (AvgIpc) is 3.59. The smallest absolute Gasteiger partial charge is 0.367 e. The van der Waals surface area contributed by atoms with E-state index in [2.05, 4.69) is 26.6 Å². The van der Waals surface area contributed by atoms with Gasteiger partial charge in [-0.1, -0.05) is 30.9 Å². The molecule has 39 heavy (non-hydrogen) atoms. The molecule has 12 heteroatoms. The first-order chi connectivity index (χ1) is 18.5. The van der Waals surface area contributed by atoms with Gasteiger partial charge in [-0.25, -0.2) is 14.6 Å². The fourth-order valence-electron chi connectivity index (χ4n) is 4.62. The van der Waals surface area contributed by atoms with Crippen molar-refractivity contribution in [2.24, 2.45) is 5.73 Å². The van der Waals surface area contributed by atoms with Gasteiger partial charge in [-0.2, -0.15) is 18.3 Å². The van der Waals surface area contributed by atoms with Gasteiger partial charge in [-0.3, -0.25) is 9.59 Å². The number of nitrogens with zero attached hydrogens (tertiary/aromatic N) is 5. The summed E-state index contributed by atoms with van der Waals surface area (Å²) in [6.45, 7) is 5.77. The van der Waals surface area contributed by atoms with E-state index in [1.165, 1.54) is 30.1 Å². The van der Waals surface area contributed by atoms with Gasteiger partial charge in [0.15, 0.2) is 11.4 Å². The number of aromatic amines is 1. The van der Waals surface area contributed by atoms with Gasteiger partial charge in [0.1, 0.15) is 5.56 Å². The lowest BCUT2D eigenvalue weighted by atomic mass is 9.98. The zero-order valence-electron chi connectivity index (χ0n) is 20.9. The zero-order chi connectivity index (χ0) is 27.9. The van der Waals surface area contributed by atoms with Gasteiger partial charge >= 0.3 is 6.18 Å². The monoisotopic (exact) mass is 535 g/mol. The number of carbonyl (C=O) groups is 2. The topological polar surface area (TPSA) is 123 Å². The quantitative estimate of drug-likeness (QED) is 0.363. The number of primary amides is 1. The molecule has 1 atom stereocenters. The Morgan fingerprint density at radius 2 is 1.97 bits per heavy atom. The number of H-pyrrole nitrogens is 1. The first-order valence-corrected chi connectivity index (χ1v) is 12.0. The van der Waals surface area contributed by atoms with E-state index < -0.39 is 23.2 Å². The Labute approximate surface area is 220 Å². The molecule has 1 aliphatic rings. The molecular weight excluding hydrogens is 511 g/mol. The molecule has 0 saturated heterocycles. The van der Waals surface area contributed by atoms with Crippen LogP contribution in [0.3, 0.4) is 0 Å². The Balaban J connectivity index is 1.59. The summed E-state index contributed by atoms with van der Waals surface area (Å²) in [7, 11) is 0. The number of hydrogen-bond acceptors (Lipinski definition) is 5. The number of rotatable bonds is 6. The van der Waals surface area contributed by atoms with Crippen molar-refractivity contribution in [3.63, 3.8) is 0 Å². The van der Waals surface area contributed by atoms with E-state index in [1.807, 2.05) is 6.08 Å². The Hall–Kier alpha value is -4.74. The van der Waals surface area contributed by atoms with E-state index in [0.29, 0.717) is 42.2 Å². The minimum absolute atomic E-state index is 0.173. The van der Waals surface area contributed by atoms with Gasteiger partial charge < -0.3 is 15.6 Å². The highest BCUT2D eigenvalue weighted by molar-refractivity contribution is 5.95. The van der Waals surface area contributed by atoms with Crippen molar-refractivity contribution < 1.29 is 22.8 Å². The molecule has 1 aromatic carbocycles. The Kier molecular flexibility index (Phi) is 6.33. The second kappa shape index (κ2) is 9.53. The summed E-state index contributed by atoms with van der Waals surface area (Å²) in [4.78, 5) is 37.5. The third kappa shape index (κ3) is 4.47. The molecule has 9 nitrogen and oxygen atoms in total. The number of hydrogen-bond donors (Lipinski definition) is 2. The van der Waals surface area contributed by atoms with Gasteiger partial charge in [-0.05, 0) is 31.1 Å². The molecule has 4 aromatic rings.